The predicted octanol–water partition coefficient (Wildman–Crippen LogP) is 3.67. The molecule has 1 atom stereocenters. The summed E-state index contributed by atoms with van der Waals surface area (Å²) in [6.45, 7) is 2.99. The van der Waals surface area contributed by atoms with Gasteiger partial charge in [0.15, 0.2) is 0 Å². The van der Waals surface area contributed by atoms with Crippen LogP contribution in [0, 0.1) is 0 Å². The second-order valence-corrected chi connectivity index (χ2v) is 6.32. The summed E-state index contributed by atoms with van der Waals surface area (Å²) >= 11 is 0. The summed E-state index contributed by atoms with van der Waals surface area (Å²) in [5.41, 5.74) is -0.551. The zero-order chi connectivity index (χ0) is 19.4. The minimum absolute atomic E-state index is 0.0841. The molecule has 1 aliphatic heterocycles. The number of benzene rings is 1. The van der Waals surface area contributed by atoms with Crippen molar-refractivity contribution in [3.05, 3.63) is 35.7 Å². The Morgan fingerprint density at radius 3 is 2.93 bits per heavy atom. The Morgan fingerprint density at radius 1 is 1.37 bits per heavy atom. The maximum absolute atomic E-state index is 12.9. The van der Waals surface area contributed by atoms with Gasteiger partial charge in [0.2, 0.25) is 11.7 Å². The number of nitrogens with zero attached hydrogens (tertiary/aromatic N) is 3. The van der Waals surface area contributed by atoms with E-state index in [1.807, 2.05) is 4.90 Å². The van der Waals surface area contributed by atoms with E-state index in [4.69, 9.17) is 9.26 Å². The fourth-order valence-electron chi connectivity index (χ4n) is 3.13. The standard InChI is InChI=1S/C18H20F3N3O3/c1-2-26-17(25)14-8-3-4-9-24(14)11-15-22-16(23-27-15)12-6-5-7-13(10-12)18(19,20)21/h5-7,10,14H,2-4,8-9,11H2,1H3. The van der Waals surface area contributed by atoms with E-state index in [1.165, 1.54) is 12.1 Å². The predicted molar refractivity (Wildman–Crippen MR) is 89.4 cm³/mol. The second kappa shape index (κ2) is 8.08. The first-order chi connectivity index (χ1) is 12.9. The van der Waals surface area contributed by atoms with Gasteiger partial charge in [-0.15, -0.1) is 0 Å². The first-order valence-corrected chi connectivity index (χ1v) is 8.79. The average Bonchev–Trinajstić information content (AvgIpc) is 3.10. The van der Waals surface area contributed by atoms with Crippen LogP contribution in [0.25, 0.3) is 11.4 Å². The molecule has 9 heteroatoms. The van der Waals surface area contributed by atoms with Gasteiger partial charge in [-0.2, -0.15) is 18.2 Å². The number of carbonyl (C=O) groups excluding carboxylic acids is 1. The van der Waals surface area contributed by atoms with Gasteiger partial charge in [0, 0.05) is 5.56 Å². The number of alkyl halides is 3. The average molecular weight is 383 g/mol. The van der Waals surface area contributed by atoms with Gasteiger partial charge in [-0.25, -0.2) is 0 Å². The van der Waals surface area contributed by atoms with Crippen molar-refractivity contribution in [2.45, 2.75) is 44.9 Å². The van der Waals surface area contributed by atoms with Crippen LogP contribution in [0.3, 0.4) is 0 Å². The second-order valence-electron chi connectivity index (χ2n) is 6.32. The number of piperidine rings is 1. The molecule has 0 aliphatic carbocycles. The zero-order valence-electron chi connectivity index (χ0n) is 14.8. The fourth-order valence-corrected chi connectivity index (χ4v) is 3.13. The molecule has 27 heavy (non-hydrogen) atoms. The quantitative estimate of drug-likeness (QED) is 0.734. The van der Waals surface area contributed by atoms with E-state index in [0.29, 0.717) is 19.6 Å². The Labute approximate surface area is 154 Å². The van der Waals surface area contributed by atoms with Gasteiger partial charge in [0.1, 0.15) is 6.04 Å². The number of halogens is 3. The van der Waals surface area contributed by atoms with Crippen molar-refractivity contribution in [3.8, 4) is 11.4 Å². The summed E-state index contributed by atoms with van der Waals surface area (Å²) in [5.74, 6) is 0.0502. The SMILES string of the molecule is CCOC(=O)C1CCCCN1Cc1nc(-c2cccc(C(F)(F)F)c2)no1. The lowest BCUT2D eigenvalue weighted by Gasteiger charge is -2.32. The third-order valence-electron chi connectivity index (χ3n) is 4.43. The molecule has 0 amide bonds. The third-order valence-corrected chi connectivity index (χ3v) is 4.43. The molecule has 1 aromatic heterocycles. The zero-order valence-corrected chi connectivity index (χ0v) is 14.8. The van der Waals surface area contributed by atoms with Crippen LogP contribution in [-0.4, -0.2) is 40.2 Å². The van der Waals surface area contributed by atoms with Crippen molar-refractivity contribution in [2.24, 2.45) is 0 Å². The van der Waals surface area contributed by atoms with Gasteiger partial charge >= 0.3 is 12.1 Å². The summed E-state index contributed by atoms with van der Waals surface area (Å²) in [5, 5.41) is 3.79. The Morgan fingerprint density at radius 2 is 2.19 bits per heavy atom. The number of aromatic nitrogens is 2. The molecule has 1 saturated heterocycles. The van der Waals surface area contributed by atoms with Gasteiger partial charge in [0.25, 0.3) is 0 Å². The number of carbonyl (C=O) groups is 1. The fraction of sp³-hybridized carbons (Fsp3) is 0.500. The molecule has 0 saturated carbocycles. The van der Waals surface area contributed by atoms with Gasteiger partial charge in [0.05, 0.1) is 18.7 Å². The monoisotopic (exact) mass is 383 g/mol. The molecule has 1 unspecified atom stereocenters. The van der Waals surface area contributed by atoms with Gasteiger partial charge in [-0.05, 0) is 38.4 Å². The van der Waals surface area contributed by atoms with Gasteiger partial charge in [-0.1, -0.05) is 23.7 Å². The smallest absolute Gasteiger partial charge is 0.416 e. The van der Waals surface area contributed by atoms with Crippen LogP contribution in [0.1, 0.15) is 37.6 Å². The Balaban J connectivity index is 1.75. The van der Waals surface area contributed by atoms with Crippen LogP contribution >= 0.6 is 0 Å². The van der Waals surface area contributed by atoms with Crippen LogP contribution in [0.2, 0.25) is 0 Å². The first-order valence-electron chi connectivity index (χ1n) is 8.79. The molecule has 1 aliphatic rings. The number of hydrogen-bond donors (Lipinski definition) is 0. The molecule has 2 aromatic rings. The molecule has 0 N–H and O–H groups in total. The van der Waals surface area contributed by atoms with E-state index in [2.05, 4.69) is 10.1 Å². The van der Waals surface area contributed by atoms with Crippen LogP contribution < -0.4 is 0 Å². The van der Waals surface area contributed by atoms with Crippen molar-refractivity contribution in [1.82, 2.24) is 15.0 Å². The highest BCUT2D eigenvalue weighted by molar-refractivity contribution is 5.75. The van der Waals surface area contributed by atoms with Crippen molar-refractivity contribution in [2.75, 3.05) is 13.2 Å². The van der Waals surface area contributed by atoms with Crippen LogP contribution in [0.4, 0.5) is 13.2 Å². The summed E-state index contributed by atoms with van der Waals surface area (Å²) in [6, 6.07) is 4.39. The minimum Gasteiger partial charge on any atom is -0.465 e. The largest absolute Gasteiger partial charge is 0.465 e. The van der Waals surface area contributed by atoms with Crippen molar-refractivity contribution >= 4 is 5.97 Å². The van der Waals surface area contributed by atoms with Crippen molar-refractivity contribution in [1.29, 1.82) is 0 Å². The van der Waals surface area contributed by atoms with Crippen molar-refractivity contribution < 1.29 is 27.2 Å². The Hall–Kier alpha value is -2.42. The summed E-state index contributed by atoms with van der Waals surface area (Å²) in [6.07, 6.45) is -1.89. The molecule has 146 valence electrons. The maximum atomic E-state index is 12.9. The minimum atomic E-state index is -4.44. The van der Waals surface area contributed by atoms with E-state index in [9.17, 15) is 18.0 Å². The lowest BCUT2D eigenvalue weighted by Crippen LogP contribution is -2.45. The number of likely N-dealkylation sites (tertiary alicyclic amines) is 1. The maximum Gasteiger partial charge on any atom is 0.416 e. The van der Waals surface area contributed by atoms with Gasteiger partial charge < -0.3 is 9.26 Å². The van der Waals surface area contributed by atoms with E-state index in [1.54, 1.807) is 6.92 Å². The van der Waals surface area contributed by atoms with Crippen LogP contribution in [-0.2, 0) is 22.3 Å². The third kappa shape index (κ3) is 4.65. The molecule has 0 spiro atoms. The van der Waals surface area contributed by atoms with Crippen LogP contribution in [0.15, 0.2) is 28.8 Å². The van der Waals surface area contributed by atoms with E-state index >= 15 is 0 Å². The molecule has 6 nitrogen and oxygen atoms in total. The van der Waals surface area contributed by atoms with Crippen LogP contribution in [0.5, 0.6) is 0 Å². The number of hydrogen-bond acceptors (Lipinski definition) is 6. The lowest BCUT2D eigenvalue weighted by molar-refractivity contribution is -0.151. The molecule has 0 bridgehead atoms. The molecule has 3 rings (SSSR count). The van der Waals surface area contributed by atoms with E-state index in [-0.39, 0.29) is 35.8 Å². The lowest BCUT2D eigenvalue weighted by atomic mass is 10.0. The molecule has 0 radical (unpaired) electrons. The first kappa shape index (κ1) is 19.3. The summed E-state index contributed by atoms with van der Waals surface area (Å²) in [4.78, 5) is 18.2. The molecule has 2 heterocycles. The summed E-state index contributed by atoms with van der Waals surface area (Å²) < 4.78 is 48.9. The normalized spacial score (nSPS) is 18.4. The number of ether oxygens (including phenoxy) is 1. The molecular weight excluding hydrogens is 363 g/mol. The number of esters is 1. The highest BCUT2D eigenvalue weighted by atomic mass is 19.4. The van der Waals surface area contributed by atoms with Crippen molar-refractivity contribution in [3.63, 3.8) is 0 Å². The molecule has 1 fully saturated rings. The van der Waals surface area contributed by atoms with E-state index < -0.39 is 11.7 Å². The van der Waals surface area contributed by atoms with Gasteiger partial charge in [-0.3, -0.25) is 9.69 Å². The molecular formula is C18H20F3N3O3. The Bertz CT molecular complexity index is 791. The highest BCUT2D eigenvalue weighted by Gasteiger charge is 2.32. The Kier molecular flexibility index (Phi) is 5.79. The summed E-state index contributed by atoms with van der Waals surface area (Å²) in [7, 11) is 0. The van der Waals surface area contributed by atoms with E-state index in [0.717, 1.165) is 25.0 Å². The topological polar surface area (TPSA) is 68.5 Å². The number of rotatable bonds is 5. The highest BCUT2D eigenvalue weighted by Crippen LogP contribution is 2.31. The molecule has 1 aromatic carbocycles.